The molecule has 3 heteroatoms. The largest absolute Gasteiger partial charge is 0.366 e. The minimum atomic E-state index is -0.301. The highest BCUT2D eigenvalue weighted by Gasteiger charge is 2.47. The quantitative estimate of drug-likeness (QED) is 0.840. The Labute approximate surface area is 121 Å². The Morgan fingerprint density at radius 1 is 1.26 bits per heavy atom. The van der Waals surface area contributed by atoms with Crippen molar-refractivity contribution in [2.75, 3.05) is 0 Å². The predicted molar refractivity (Wildman–Crippen MR) is 78.8 cm³/mol. The molecule has 2 nitrogen and oxygen atoms in total. The lowest BCUT2D eigenvalue weighted by molar-refractivity contribution is 0.0999. The number of nitrogens with two attached hydrogens (primary N) is 1. The molecule has 19 heavy (non-hydrogen) atoms. The Kier molecular flexibility index (Phi) is 2.29. The van der Waals surface area contributed by atoms with Crippen LogP contribution in [0.3, 0.4) is 0 Å². The topological polar surface area (TPSA) is 43.1 Å². The molecule has 1 spiro atoms. The summed E-state index contributed by atoms with van der Waals surface area (Å²) in [7, 11) is 0. The van der Waals surface area contributed by atoms with E-state index in [1.54, 1.807) is 5.57 Å². The third kappa shape index (κ3) is 1.64. The first-order valence-corrected chi connectivity index (χ1v) is 7.71. The van der Waals surface area contributed by atoms with Crippen molar-refractivity contribution in [2.24, 2.45) is 11.1 Å². The number of hydrogen-bond donors (Lipinski definition) is 1. The van der Waals surface area contributed by atoms with Crippen LogP contribution in [-0.4, -0.2) is 5.91 Å². The molecule has 0 bridgehead atoms. The van der Waals surface area contributed by atoms with Gasteiger partial charge in [-0.25, -0.2) is 0 Å². The van der Waals surface area contributed by atoms with Gasteiger partial charge in [-0.15, -0.1) is 0 Å². The smallest absolute Gasteiger partial charge is 0.249 e. The number of amides is 1. The first-order chi connectivity index (χ1) is 9.10. The lowest BCUT2D eigenvalue weighted by Crippen LogP contribution is -2.14. The molecule has 1 aromatic carbocycles. The average molecular weight is 318 g/mol. The van der Waals surface area contributed by atoms with Crippen molar-refractivity contribution >= 4 is 27.4 Å². The molecular formula is C16H16BrNO. The van der Waals surface area contributed by atoms with E-state index in [4.69, 9.17) is 5.73 Å². The number of rotatable bonds is 1. The Morgan fingerprint density at radius 2 is 2.05 bits per heavy atom. The van der Waals surface area contributed by atoms with Crippen LogP contribution in [0.1, 0.15) is 53.6 Å². The molecule has 98 valence electrons. The number of carbonyl (C=O) groups excluding carboxylic acids is 1. The highest BCUT2D eigenvalue weighted by molar-refractivity contribution is 9.10. The average Bonchev–Trinajstić information content (AvgIpc) is 3.00. The summed E-state index contributed by atoms with van der Waals surface area (Å²) in [5.74, 6) is -0.301. The van der Waals surface area contributed by atoms with Gasteiger partial charge < -0.3 is 5.73 Å². The SMILES string of the molecule is NC(=O)c1ccc(Br)c2c1CC1=C2CC2(CC1)CC2. The fourth-order valence-electron chi connectivity index (χ4n) is 3.79. The van der Waals surface area contributed by atoms with E-state index in [9.17, 15) is 4.79 Å². The normalized spacial score (nSPS) is 22.4. The minimum Gasteiger partial charge on any atom is -0.366 e. The lowest BCUT2D eigenvalue weighted by Gasteiger charge is -2.24. The molecule has 0 unspecified atom stereocenters. The van der Waals surface area contributed by atoms with Gasteiger partial charge in [0.25, 0.3) is 0 Å². The summed E-state index contributed by atoms with van der Waals surface area (Å²) in [6.07, 6.45) is 7.44. The molecule has 3 aliphatic rings. The van der Waals surface area contributed by atoms with Gasteiger partial charge in [0.15, 0.2) is 0 Å². The van der Waals surface area contributed by atoms with Crippen molar-refractivity contribution in [2.45, 2.75) is 38.5 Å². The van der Waals surface area contributed by atoms with Crippen molar-refractivity contribution in [1.29, 1.82) is 0 Å². The molecule has 0 atom stereocenters. The van der Waals surface area contributed by atoms with Crippen molar-refractivity contribution in [1.82, 2.24) is 0 Å². The van der Waals surface area contributed by atoms with E-state index in [0.29, 0.717) is 11.0 Å². The standard InChI is InChI=1S/C16H16BrNO/c17-13-2-1-10(15(18)19)11-7-9-3-4-16(5-6-16)8-12(9)14(11)13/h1-2H,3-8H2,(H2,18,19). The Balaban J connectivity index is 1.87. The number of fused-ring (bicyclic) bond motifs is 2. The van der Waals surface area contributed by atoms with Crippen LogP contribution in [0.2, 0.25) is 0 Å². The summed E-state index contributed by atoms with van der Waals surface area (Å²) >= 11 is 3.66. The molecule has 1 fully saturated rings. The van der Waals surface area contributed by atoms with Gasteiger partial charge in [0, 0.05) is 10.0 Å². The van der Waals surface area contributed by atoms with E-state index in [-0.39, 0.29) is 5.91 Å². The van der Waals surface area contributed by atoms with Crippen molar-refractivity contribution in [3.05, 3.63) is 38.9 Å². The third-order valence-electron chi connectivity index (χ3n) is 5.11. The zero-order valence-corrected chi connectivity index (χ0v) is 12.3. The minimum absolute atomic E-state index is 0.301. The molecule has 0 aromatic heterocycles. The van der Waals surface area contributed by atoms with Gasteiger partial charge in [-0.05, 0) is 72.8 Å². The van der Waals surface area contributed by atoms with Crippen molar-refractivity contribution < 1.29 is 4.79 Å². The second-order valence-corrected chi connectivity index (χ2v) is 7.10. The van der Waals surface area contributed by atoms with Gasteiger partial charge in [0.1, 0.15) is 0 Å². The number of halogens is 1. The van der Waals surface area contributed by atoms with E-state index in [1.165, 1.54) is 43.2 Å². The van der Waals surface area contributed by atoms with Gasteiger partial charge in [-0.1, -0.05) is 21.5 Å². The maximum Gasteiger partial charge on any atom is 0.249 e. The van der Waals surface area contributed by atoms with E-state index >= 15 is 0 Å². The molecule has 4 rings (SSSR count). The monoisotopic (exact) mass is 317 g/mol. The van der Waals surface area contributed by atoms with Crippen LogP contribution >= 0.6 is 15.9 Å². The second-order valence-electron chi connectivity index (χ2n) is 6.25. The zero-order valence-electron chi connectivity index (χ0n) is 10.8. The van der Waals surface area contributed by atoms with Crippen LogP contribution in [0.4, 0.5) is 0 Å². The third-order valence-corrected chi connectivity index (χ3v) is 5.77. The second kappa shape index (κ2) is 3.72. The number of primary amides is 1. The summed E-state index contributed by atoms with van der Waals surface area (Å²) in [6.45, 7) is 0. The molecular weight excluding hydrogens is 302 g/mol. The molecule has 3 aliphatic carbocycles. The molecule has 2 N–H and O–H groups in total. The zero-order chi connectivity index (χ0) is 13.2. The summed E-state index contributed by atoms with van der Waals surface area (Å²) in [6, 6.07) is 3.83. The van der Waals surface area contributed by atoms with Crippen LogP contribution in [-0.2, 0) is 6.42 Å². The van der Waals surface area contributed by atoms with Gasteiger partial charge in [0.05, 0.1) is 0 Å². The van der Waals surface area contributed by atoms with Crippen LogP contribution in [0.15, 0.2) is 22.2 Å². The number of carbonyl (C=O) groups is 1. The summed E-state index contributed by atoms with van der Waals surface area (Å²) in [5, 5.41) is 0. The Hall–Kier alpha value is -1.09. The van der Waals surface area contributed by atoms with Gasteiger partial charge in [-0.3, -0.25) is 4.79 Å². The van der Waals surface area contributed by atoms with Crippen molar-refractivity contribution in [3.8, 4) is 0 Å². The molecule has 1 aromatic rings. The molecule has 0 aliphatic heterocycles. The van der Waals surface area contributed by atoms with Crippen LogP contribution in [0.5, 0.6) is 0 Å². The van der Waals surface area contributed by atoms with Crippen LogP contribution in [0, 0.1) is 5.41 Å². The fraction of sp³-hybridized carbons (Fsp3) is 0.438. The molecule has 1 amide bonds. The Morgan fingerprint density at radius 3 is 2.74 bits per heavy atom. The first kappa shape index (κ1) is 11.7. The fourth-order valence-corrected chi connectivity index (χ4v) is 4.40. The highest BCUT2D eigenvalue weighted by atomic mass is 79.9. The Bertz CT molecular complexity index is 640. The predicted octanol–water partition coefficient (Wildman–Crippen LogP) is 3.82. The lowest BCUT2D eigenvalue weighted by atomic mass is 9.81. The van der Waals surface area contributed by atoms with Crippen molar-refractivity contribution in [3.63, 3.8) is 0 Å². The number of allylic oxidation sites excluding steroid dienone is 2. The van der Waals surface area contributed by atoms with Gasteiger partial charge in [0.2, 0.25) is 5.91 Å². The van der Waals surface area contributed by atoms with Gasteiger partial charge >= 0.3 is 0 Å². The van der Waals surface area contributed by atoms with E-state index in [2.05, 4.69) is 15.9 Å². The van der Waals surface area contributed by atoms with Crippen LogP contribution in [0.25, 0.3) is 5.57 Å². The molecule has 0 radical (unpaired) electrons. The number of benzene rings is 1. The summed E-state index contributed by atoms with van der Waals surface area (Å²) in [4.78, 5) is 11.6. The first-order valence-electron chi connectivity index (χ1n) is 6.92. The molecule has 1 saturated carbocycles. The van der Waals surface area contributed by atoms with E-state index in [1.807, 2.05) is 12.1 Å². The van der Waals surface area contributed by atoms with Gasteiger partial charge in [-0.2, -0.15) is 0 Å². The van der Waals surface area contributed by atoms with Crippen LogP contribution < -0.4 is 5.73 Å². The van der Waals surface area contributed by atoms with E-state index < -0.39 is 0 Å². The summed E-state index contributed by atoms with van der Waals surface area (Å²) in [5.41, 5.74) is 12.3. The summed E-state index contributed by atoms with van der Waals surface area (Å²) < 4.78 is 1.12. The molecule has 0 heterocycles. The highest BCUT2D eigenvalue weighted by Crippen LogP contribution is 2.61. The van der Waals surface area contributed by atoms with E-state index in [0.717, 1.165) is 16.5 Å². The molecule has 0 saturated heterocycles. The number of hydrogen-bond acceptors (Lipinski definition) is 1. The maximum absolute atomic E-state index is 11.6. The maximum atomic E-state index is 11.6.